The van der Waals surface area contributed by atoms with Gasteiger partial charge in [-0.1, -0.05) is 20.9 Å². The van der Waals surface area contributed by atoms with Crippen LogP contribution >= 0.6 is 23.9 Å². The Morgan fingerprint density at radius 1 is 0.900 bits per heavy atom. The van der Waals surface area contributed by atoms with Crippen LogP contribution in [0.2, 0.25) is 0 Å². The van der Waals surface area contributed by atoms with E-state index in [1.165, 1.54) is 68.4 Å². The van der Waals surface area contributed by atoms with E-state index in [0.29, 0.717) is 23.7 Å². The zero-order valence-electron chi connectivity index (χ0n) is 29.9. The molecular formula is C38H49BrN9OP. The minimum Gasteiger partial charge on any atom is -0.494 e. The van der Waals surface area contributed by atoms with Gasteiger partial charge in [0.05, 0.1) is 28.7 Å². The van der Waals surface area contributed by atoms with Crippen molar-refractivity contribution in [2.75, 3.05) is 82.3 Å². The minimum absolute atomic E-state index is 0.421. The molecule has 1 saturated carbocycles. The summed E-state index contributed by atoms with van der Waals surface area (Å²) in [5.41, 5.74) is 7.51. The van der Waals surface area contributed by atoms with Crippen molar-refractivity contribution in [1.29, 1.82) is 0 Å². The number of hydrogen-bond acceptors (Lipinski definition) is 10. The van der Waals surface area contributed by atoms with Crippen LogP contribution in [0.15, 0.2) is 53.1 Å². The average Bonchev–Trinajstić information content (AvgIpc) is 3.99. The second-order valence-electron chi connectivity index (χ2n) is 14.0. The Bertz CT molecular complexity index is 1790. The lowest BCUT2D eigenvalue weighted by atomic mass is 9.99. The van der Waals surface area contributed by atoms with E-state index in [2.05, 4.69) is 126 Å². The maximum Gasteiger partial charge on any atom is 0.229 e. The topological polar surface area (TPSA) is 94.6 Å². The minimum atomic E-state index is -0.421. The van der Waals surface area contributed by atoms with Crippen molar-refractivity contribution in [1.82, 2.24) is 30.0 Å². The zero-order chi connectivity index (χ0) is 34.8. The van der Waals surface area contributed by atoms with Crippen molar-refractivity contribution in [2.45, 2.75) is 51.0 Å². The van der Waals surface area contributed by atoms with Gasteiger partial charge in [0.1, 0.15) is 11.6 Å². The summed E-state index contributed by atoms with van der Waals surface area (Å²) in [4.78, 5) is 17.2. The number of methoxy groups -OCH3 is 1. The quantitative estimate of drug-likeness (QED) is 0.153. The molecule has 2 aromatic carbocycles. The molecule has 2 N–H and O–H groups in total. The molecule has 264 valence electrons. The highest BCUT2D eigenvalue weighted by molar-refractivity contribution is 9.10. The lowest BCUT2D eigenvalue weighted by molar-refractivity contribution is 0.0982. The van der Waals surface area contributed by atoms with Gasteiger partial charge in [-0.15, -0.1) is 0 Å². The highest BCUT2D eigenvalue weighted by atomic mass is 79.9. The monoisotopic (exact) mass is 757 g/mol. The van der Waals surface area contributed by atoms with Crippen LogP contribution in [-0.2, 0) is 6.42 Å². The normalized spacial score (nSPS) is 17.7. The molecule has 10 nitrogen and oxygen atoms in total. The van der Waals surface area contributed by atoms with Gasteiger partial charge in [-0.05, 0) is 110 Å². The molecular weight excluding hydrogens is 709 g/mol. The SMILES string of the molecule is CCc1cc(Nc2ncc(Br)c(Nc3ccc(-c4ccc(C5CC5)nn4)cc3P(C)C)n2)c(OC)cc1N1CCC(N2CCN(C)CC2)CC1. The van der Waals surface area contributed by atoms with Gasteiger partial charge in [0, 0.05) is 80.4 Å². The number of rotatable bonds is 11. The van der Waals surface area contributed by atoms with Gasteiger partial charge in [-0.2, -0.15) is 15.2 Å². The number of anilines is 5. The second-order valence-corrected chi connectivity index (χ2v) is 17.1. The first-order valence-electron chi connectivity index (χ1n) is 17.9. The molecule has 0 amide bonds. The fourth-order valence-electron chi connectivity index (χ4n) is 7.14. The van der Waals surface area contributed by atoms with Crippen LogP contribution in [-0.4, -0.2) is 103 Å². The van der Waals surface area contributed by atoms with Crippen molar-refractivity contribution in [3.8, 4) is 17.0 Å². The highest BCUT2D eigenvalue weighted by Crippen LogP contribution is 2.40. The number of aromatic nitrogens is 4. The predicted molar refractivity (Wildman–Crippen MR) is 211 cm³/mol. The molecule has 2 aliphatic heterocycles. The highest BCUT2D eigenvalue weighted by Gasteiger charge is 2.28. The fraction of sp³-hybridized carbons (Fsp3) is 0.474. The predicted octanol–water partition coefficient (Wildman–Crippen LogP) is 7.21. The molecule has 12 heteroatoms. The lowest BCUT2D eigenvalue weighted by Gasteiger charge is -2.43. The maximum absolute atomic E-state index is 5.95. The van der Waals surface area contributed by atoms with E-state index < -0.39 is 7.92 Å². The number of benzene rings is 2. The number of ether oxygens (including phenoxy) is 1. The molecule has 0 unspecified atom stereocenters. The number of hydrogen-bond donors (Lipinski definition) is 2. The molecule has 0 atom stereocenters. The van der Waals surface area contributed by atoms with Gasteiger partial charge in [0.15, 0.2) is 0 Å². The van der Waals surface area contributed by atoms with Crippen molar-refractivity contribution in [3.05, 3.63) is 64.4 Å². The first-order chi connectivity index (χ1) is 24.3. The Morgan fingerprint density at radius 3 is 2.34 bits per heavy atom. The van der Waals surface area contributed by atoms with Crippen LogP contribution in [0.3, 0.4) is 0 Å². The summed E-state index contributed by atoms with van der Waals surface area (Å²) in [6, 6.07) is 15.8. The van der Waals surface area contributed by atoms with Gasteiger partial charge in [-0.25, -0.2) is 4.98 Å². The van der Waals surface area contributed by atoms with Crippen LogP contribution < -0.4 is 25.6 Å². The van der Waals surface area contributed by atoms with Gasteiger partial charge in [0.2, 0.25) is 5.95 Å². The number of likely N-dealkylation sites (N-methyl/N-ethyl adjacent to an activating group) is 1. The van der Waals surface area contributed by atoms with Crippen molar-refractivity contribution in [3.63, 3.8) is 0 Å². The van der Waals surface area contributed by atoms with Gasteiger partial charge in [0.25, 0.3) is 0 Å². The Balaban J connectivity index is 1.07. The largest absolute Gasteiger partial charge is 0.494 e. The Morgan fingerprint density at radius 2 is 1.68 bits per heavy atom. The first kappa shape index (κ1) is 35.1. The summed E-state index contributed by atoms with van der Waals surface area (Å²) in [5, 5.41) is 17.4. The van der Waals surface area contributed by atoms with E-state index in [4.69, 9.17) is 9.72 Å². The van der Waals surface area contributed by atoms with Crippen LogP contribution in [0, 0.1) is 0 Å². The molecule has 3 fully saturated rings. The molecule has 2 aromatic heterocycles. The molecule has 2 saturated heterocycles. The number of piperazine rings is 1. The smallest absolute Gasteiger partial charge is 0.229 e. The van der Waals surface area contributed by atoms with E-state index in [-0.39, 0.29) is 0 Å². The summed E-state index contributed by atoms with van der Waals surface area (Å²) in [6.45, 7) is 13.6. The third-order valence-electron chi connectivity index (χ3n) is 10.3. The fourth-order valence-corrected chi connectivity index (χ4v) is 8.44. The van der Waals surface area contributed by atoms with Crippen LogP contribution in [0.5, 0.6) is 5.75 Å². The number of nitrogens with zero attached hydrogens (tertiary/aromatic N) is 7. The summed E-state index contributed by atoms with van der Waals surface area (Å²) < 4.78 is 6.73. The summed E-state index contributed by atoms with van der Waals surface area (Å²) in [6.07, 6.45) is 7.55. The van der Waals surface area contributed by atoms with E-state index in [1.54, 1.807) is 13.3 Å². The van der Waals surface area contributed by atoms with E-state index >= 15 is 0 Å². The lowest BCUT2D eigenvalue weighted by Crippen LogP contribution is -2.52. The van der Waals surface area contributed by atoms with Crippen LogP contribution in [0.4, 0.5) is 28.8 Å². The van der Waals surface area contributed by atoms with E-state index in [1.807, 2.05) is 0 Å². The second kappa shape index (κ2) is 15.5. The number of halogens is 1. The molecule has 4 aromatic rings. The third kappa shape index (κ3) is 7.91. The Kier molecular flexibility index (Phi) is 10.9. The Labute approximate surface area is 306 Å². The third-order valence-corrected chi connectivity index (χ3v) is 12.3. The number of nitrogens with one attached hydrogen (secondary N) is 2. The number of aryl methyl sites for hydroxylation is 1. The summed E-state index contributed by atoms with van der Waals surface area (Å²) in [7, 11) is 3.54. The molecule has 0 radical (unpaired) electrons. The zero-order valence-corrected chi connectivity index (χ0v) is 32.4. The Hall–Kier alpha value is -3.37. The van der Waals surface area contributed by atoms with Crippen molar-refractivity contribution < 1.29 is 4.74 Å². The molecule has 7 rings (SSSR count). The maximum atomic E-state index is 5.95. The summed E-state index contributed by atoms with van der Waals surface area (Å²) >= 11 is 3.68. The van der Waals surface area contributed by atoms with Crippen LogP contribution in [0.1, 0.15) is 49.8 Å². The standard InChI is InChI=1S/C38H49BrN9OP/c1-6-25-21-33(35(49-3)23-34(25)48-15-13-28(14-16-48)47-19-17-46(2)18-20-47)42-38-40-24-29(39)37(43-38)41-32-10-9-27(22-36(32)50(4)5)31-12-11-30(44-45-31)26-7-8-26/h9-12,21-24,26,28H,6-8,13-20H2,1-5H3,(H2,40,41,42,43). The van der Waals surface area contributed by atoms with Gasteiger partial charge >= 0.3 is 0 Å². The molecule has 50 heavy (non-hydrogen) atoms. The molecule has 0 bridgehead atoms. The van der Waals surface area contributed by atoms with Crippen molar-refractivity contribution >= 4 is 58.0 Å². The first-order valence-corrected chi connectivity index (χ1v) is 20.9. The van der Waals surface area contributed by atoms with Crippen LogP contribution in [0.25, 0.3) is 11.3 Å². The molecule has 1 aliphatic carbocycles. The van der Waals surface area contributed by atoms with Crippen molar-refractivity contribution in [2.24, 2.45) is 0 Å². The number of piperidine rings is 1. The average molecular weight is 759 g/mol. The van der Waals surface area contributed by atoms with E-state index in [0.717, 1.165) is 58.1 Å². The summed E-state index contributed by atoms with van der Waals surface area (Å²) in [5.74, 6) is 2.57. The van der Waals surface area contributed by atoms with Gasteiger partial charge in [-0.3, -0.25) is 4.90 Å². The van der Waals surface area contributed by atoms with E-state index in [9.17, 15) is 0 Å². The molecule has 0 spiro atoms. The van der Waals surface area contributed by atoms with Gasteiger partial charge < -0.3 is 25.2 Å². The molecule has 4 heterocycles. The molecule has 3 aliphatic rings.